The molecule has 0 unspecified atom stereocenters. The number of pyridine rings is 1. The number of nitrogens with one attached hydrogen (secondary N) is 1. The molecule has 19 heavy (non-hydrogen) atoms. The molecule has 1 aliphatic carbocycles. The molecule has 1 fully saturated rings. The molecule has 5 heteroatoms. The van der Waals surface area contributed by atoms with Crippen LogP contribution >= 0.6 is 0 Å². The summed E-state index contributed by atoms with van der Waals surface area (Å²) in [6, 6.07) is 4.80. The summed E-state index contributed by atoms with van der Waals surface area (Å²) in [7, 11) is 0. The molecule has 0 bridgehead atoms. The minimum atomic E-state index is -0.966. The van der Waals surface area contributed by atoms with Crippen LogP contribution in [0.3, 0.4) is 0 Å². The van der Waals surface area contributed by atoms with Gasteiger partial charge < -0.3 is 5.32 Å². The molecule has 1 amide bonds. The summed E-state index contributed by atoms with van der Waals surface area (Å²) in [6.45, 7) is 0. The van der Waals surface area contributed by atoms with Gasteiger partial charge in [0, 0.05) is 0 Å². The number of nitrogens with zero attached hydrogens (tertiary/aromatic N) is 2. The van der Waals surface area contributed by atoms with E-state index in [4.69, 9.17) is 0 Å². The lowest BCUT2D eigenvalue weighted by atomic mass is 9.81. The third-order valence-electron chi connectivity index (χ3n) is 3.57. The molecule has 1 aliphatic rings. The Hall–Kier alpha value is -1.96. The van der Waals surface area contributed by atoms with Gasteiger partial charge in [0.15, 0.2) is 0 Å². The molecule has 100 valence electrons. The molecule has 0 atom stereocenters. The van der Waals surface area contributed by atoms with E-state index in [1.54, 1.807) is 0 Å². The molecular formula is C14H16FN3O. The number of carbonyl (C=O) groups excluding carboxylic acids is 1. The second-order valence-electron chi connectivity index (χ2n) is 4.92. The van der Waals surface area contributed by atoms with Crippen molar-refractivity contribution >= 4 is 11.7 Å². The Balaban J connectivity index is 2.12. The molecule has 0 saturated heterocycles. The molecule has 0 spiro atoms. The van der Waals surface area contributed by atoms with E-state index in [2.05, 4.69) is 16.4 Å². The Morgan fingerprint density at radius 1 is 1.32 bits per heavy atom. The van der Waals surface area contributed by atoms with Crippen molar-refractivity contribution in [3.63, 3.8) is 0 Å². The predicted molar refractivity (Wildman–Crippen MR) is 68.6 cm³/mol. The van der Waals surface area contributed by atoms with Crippen LogP contribution in [0, 0.1) is 22.6 Å². The molecule has 1 saturated carbocycles. The number of hydrogen-bond acceptors (Lipinski definition) is 3. The van der Waals surface area contributed by atoms with Crippen LogP contribution in [0.25, 0.3) is 0 Å². The van der Waals surface area contributed by atoms with Crippen molar-refractivity contribution in [2.45, 2.75) is 38.5 Å². The van der Waals surface area contributed by atoms with E-state index >= 15 is 0 Å². The lowest BCUT2D eigenvalue weighted by Gasteiger charge is -2.23. The van der Waals surface area contributed by atoms with E-state index in [1.165, 1.54) is 12.1 Å². The van der Waals surface area contributed by atoms with Crippen molar-refractivity contribution in [1.82, 2.24) is 4.98 Å². The number of amides is 1. The minimum Gasteiger partial charge on any atom is -0.309 e. The van der Waals surface area contributed by atoms with Crippen molar-refractivity contribution in [2.75, 3.05) is 5.32 Å². The number of halogens is 1. The number of aromatic nitrogens is 1. The summed E-state index contributed by atoms with van der Waals surface area (Å²) in [6.07, 6.45) is 6.10. The Morgan fingerprint density at radius 2 is 2.00 bits per heavy atom. The minimum absolute atomic E-state index is 0.283. The number of carbonyl (C=O) groups is 1. The number of hydrogen-bond donors (Lipinski definition) is 1. The van der Waals surface area contributed by atoms with Crippen molar-refractivity contribution in [2.24, 2.45) is 5.41 Å². The van der Waals surface area contributed by atoms with Gasteiger partial charge in [-0.1, -0.05) is 25.7 Å². The van der Waals surface area contributed by atoms with Crippen molar-refractivity contribution in [3.8, 4) is 6.07 Å². The Morgan fingerprint density at radius 3 is 2.53 bits per heavy atom. The molecular weight excluding hydrogens is 245 g/mol. The monoisotopic (exact) mass is 261 g/mol. The zero-order valence-corrected chi connectivity index (χ0v) is 10.7. The van der Waals surface area contributed by atoms with Crippen LogP contribution in [0.2, 0.25) is 0 Å². The van der Waals surface area contributed by atoms with Gasteiger partial charge in [-0.2, -0.15) is 5.26 Å². The highest BCUT2D eigenvalue weighted by atomic mass is 19.1. The largest absolute Gasteiger partial charge is 0.309 e. The fraction of sp³-hybridized carbons (Fsp3) is 0.500. The summed E-state index contributed by atoms with van der Waals surface area (Å²) in [5.41, 5.74) is -0.966. The number of nitriles is 1. The summed E-state index contributed by atoms with van der Waals surface area (Å²) < 4.78 is 12.7. The van der Waals surface area contributed by atoms with Crippen molar-refractivity contribution in [1.29, 1.82) is 5.26 Å². The fourth-order valence-electron chi connectivity index (χ4n) is 2.41. The Kier molecular flexibility index (Phi) is 4.10. The third kappa shape index (κ3) is 3.08. The lowest BCUT2D eigenvalue weighted by molar-refractivity contribution is -0.123. The summed E-state index contributed by atoms with van der Waals surface area (Å²) in [4.78, 5) is 16.1. The second-order valence-corrected chi connectivity index (χ2v) is 4.92. The highest BCUT2D eigenvalue weighted by Gasteiger charge is 2.39. The van der Waals surface area contributed by atoms with Crippen LogP contribution in [-0.4, -0.2) is 10.9 Å². The first-order valence-corrected chi connectivity index (χ1v) is 6.50. The molecule has 0 radical (unpaired) electrons. The molecule has 2 rings (SSSR count). The van der Waals surface area contributed by atoms with Crippen LogP contribution in [0.1, 0.15) is 38.5 Å². The standard InChI is InChI=1S/C14H16FN3O/c15-11-5-6-12(17-9-11)18-13(19)14(10-16)7-3-1-2-4-8-14/h5-6,9H,1-4,7-8H2,(H,17,18,19). The smallest absolute Gasteiger partial charge is 0.246 e. The van der Waals surface area contributed by atoms with Gasteiger partial charge in [0.1, 0.15) is 17.1 Å². The Bertz CT molecular complexity index is 484. The highest BCUT2D eigenvalue weighted by molar-refractivity contribution is 5.96. The van der Waals surface area contributed by atoms with Crippen LogP contribution in [0.5, 0.6) is 0 Å². The number of anilines is 1. The van der Waals surface area contributed by atoms with E-state index in [0.717, 1.165) is 31.9 Å². The van der Waals surface area contributed by atoms with Gasteiger partial charge in [-0.25, -0.2) is 9.37 Å². The van der Waals surface area contributed by atoms with Gasteiger partial charge >= 0.3 is 0 Å². The third-order valence-corrected chi connectivity index (χ3v) is 3.57. The molecule has 1 N–H and O–H groups in total. The van der Waals surface area contributed by atoms with Crippen LogP contribution < -0.4 is 5.32 Å². The van der Waals surface area contributed by atoms with Crippen LogP contribution in [0.4, 0.5) is 10.2 Å². The van der Waals surface area contributed by atoms with Gasteiger partial charge in [-0.15, -0.1) is 0 Å². The fourth-order valence-corrected chi connectivity index (χ4v) is 2.41. The predicted octanol–water partition coefficient (Wildman–Crippen LogP) is 3.02. The molecule has 1 heterocycles. The summed E-state index contributed by atoms with van der Waals surface area (Å²) >= 11 is 0. The van der Waals surface area contributed by atoms with Crippen molar-refractivity contribution < 1.29 is 9.18 Å². The van der Waals surface area contributed by atoms with E-state index in [9.17, 15) is 14.4 Å². The van der Waals surface area contributed by atoms with Gasteiger partial charge in [0.2, 0.25) is 5.91 Å². The van der Waals surface area contributed by atoms with Gasteiger partial charge in [0.05, 0.1) is 12.3 Å². The zero-order valence-electron chi connectivity index (χ0n) is 10.7. The first-order valence-electron chi connectivity index (χ1n) is 6.50. The maximum absolute atomic E-state index is 12.7. The molecule has 1 aromatic heterocycles. The lowest BCUT2D eigenvalue weighted by Crippen LogP contribution is -2.34. The van der Waals surface area contributed by atoms with Gasteiger partial charge in [-0.3, -0.25) is 4.79 Å². The average Bonchev–Trinajstić information content (AvgIpc) is 2.67. The molecule has 0 aromatic carbocycles. The van der Waals surface area contributed by atoms with Gasteiger partial charge in [-0.05, 0) is 25.0 Å². The van der Waals surface area contributed by atoms with E-state index in [-0.39, 0.29) is 11.7 Å². The normalized spacial score (nSPS) is 18.1. The van der Waals surface area contributed by atoms with E-state index < -0.39 is 11.2 Å². The van der Waals surface area contributed by atoms with Gasteiger partial charge in [0.25, 0.3) is 0 Å². The SMILES string of the molecule is N#CC1(C(=O)Nc2ccc(F)cn2)CCCCCC1. The van der Waals surface area contributed by atoms with E-state index in [0.29, 0.717) is 12.8 Å². The highest BCUT2D eigenvalue weighted by Crippen LogP contribution is 2.35. The number of rotatable bonds is 2. The van der Waals surface area contributed by atoms with Crippen LogP contribution in [-0.2, 0) is 4.79 Å². The van der Waals surface area contributed by atoms with Crippen LogP contribution in [0.15, 0.2) is 18.3 Å². The Labute approximate surface area is 111 Å². The first kappa shape index (κ1) is 13.5. The summed E-state index contributed by atoms with van der Waals surface area (Å²) in [5.74, 6) is -0.497. The topological polar surface area (TPSA) is 65.8 Å². The maximum Gasteiger partial charge on any atom is 0.246 e. The zero-order chi connectivity index (χ0) is 13.7. The first-order chi connectivity index (χ1) is 9.16. The second kappa shape index (κ2) is 5.79. The molecule has 0 aliphatic heterocycles. The van der Waals surface area contributed by atoms with E-state index in [1.807, 2.05) is 0 Å². The maximum atomic E-state index is 12.7. The molecule has 1 aromatic rings. The van der Waals surface area contributed by atoms with Crippen molar-refractivity contribution in [3.05, 3.63) is 24.1 Å². The average molecular weight is 261 g/mol. The quantitative estimate of drug-likeness (QED) is 0.832. The summed E-state index contributed by atoms with van der Waals surface area (Å²) in [5, 5.41) is 12.0. The molecule has 4 nitrogen and oxygen atoms in total.